The van der Waals surface area contributed by atoms with E-state index in [1.807, 2.05) is 6.92 Å². The molecule has 1 nitrogen and oxygen atoms in total. The van der Waals surface area contributed by atoms with Crippen LogP contribution >= 0.6 is 0 Å². The summed E-state index contributed by atoms with van der Waals surface area (Å²) in [5, 5.41) is 10.9. The minimum atomic E-state index is -3.65. The van der Waals surface area contributed by atoms with Crippen molar-refractivity contribution < 1.29 is 27.1 Å². The van der Waals surface area contributed by atoms with Crippen molar-refractivity contribution >= 4 is 0 Å². The first-order valence-electron chi connectivity index (χ1n) is 8.08. The normalized spacial score (nSPS) is 21.9. The highest BCUT2D eigenvalue weighted by atomic mass is 19.3. The fourth-order valence-electron chi connectivity index (χ4n) is 3.45. The van der Waals surface area contributed by atoms with Crippen molar-refractivity contribution in [2.75, 3.05) is 0 Å². The first kappa shape index (κ1) is 17.9. The maximum atomic E-state index is 14.6. The minimum Gasteiger partial charge on any atom is -0.374 e. The minimum absolute atomic E-state index is 0.0361. The molecule has 1 N–H and O–H groups in total. The van der Waals surface area contributed by atoms with Gasteiger partial charge in [0.2, 0.25) is 0 Å². The summed E-state index contributed by atoms with van der Waals surface area (Å²) in [5.41, 5.74) is -2.28. The molecule has 2 aromatic rings. The van der Waals surface area contributed by atoms with Crippen molar-refractivity contribution in [3.05, 3.63) is 70.0 Å². The SMILES string of the molecule is CCCc1ccc2c(c1)CCC(F)(F)C2(O)c1cc(F)c(F)c(F)c1. The zero-order valence-corrected chi connectivity index (χ0v) is 13.6. The Balaban J connectivity index is 2.22. The summed E-state index contributed by atoms with van der Waals surface area (Å²) in [6.07, 6.45) is 0.983. The molecule has 1 unspecified atom stereocenters. The second-order valence-electron chi connectivity index (χ2n) is 6.41. The number of fused-ring (bicyclic) bond motifs is 1. The van der Waals surface area contributed by atoms with E-state index in [2.05, 4.69) is 0 Å². The zero-order chi connectivity index (χ0) is 18.4. The second kappa shape index (κ2) is 6.09. The molecule has 3 rings (SSSR count). The molecule has 0 spiro atoms. The highest BCUT2D eigenvalue weighted by Gasteiger charge is 2.58. The number of aryl methyl sites for hydroxylation is 2. The van der Waals surface area contributed by atoms with Gasteiger partial charge in [-0.3, -0.25) is 0 Å². The lowest BCUT2D eigenvalue weighted by molar-refractivity contribution is -0.174. The van der Waals surface area contributed by atoms with Crippen LogP contribution in [0.4, 0.5) is 22.0 Å². The third-order valence-corrected chi connectivity index (χ3v) is 4.74. The Kier molecular flexibility index (Phi) is 4.35. The number of hydrogen-bond acceptors (Lipinski definition) is 1. The smallest absolute Gasteiger partial charge is 0.284 e. The number of benzene rings is 2. The molecule has 0 bridgehead atoms. The molecule has 1 aliphatic rings. The largest absolute Gasteiger partial charge is 0.374 e. The number of alkyl halides is 2. The monoisotopic (exact) mass is 356 g/mol. The van der Waals surface area contributed by atoms with Gasteiger partial charge in [-0.15, -0.1) is 0 Å². The van der Waals surface area contributed by atoms with Crippen molar-refractivity contribution in [2.24, 2.45) is 0 Å². The number of halogens is 5. The summed E-state index contributed by atoms with van der Waals surface area (Å²) >= 11 is 0. The molecule has 0 aliphatic heterocycles. The molecular formula is C19H17F5O. The second-order valence-corrected chi connectivity index (χ2v) is 6.41. The predicted octanol–water partition coefficient (Wildman–Crippen LogP) is 4.87. The van der Waals surface area contributed by atoms with Crippen LogP contribution in [0.15, 0.2) is 30.3 Å². The Bertz CT molecular complexity index is 794. The van der Waals surface area contributed by atoms with E-state index < -0.39 is 41.0 Å². The molecule has 0 saturated heterocycles. The van der Waals surface area contributed by atoms with Gasteiger partial charge in [0, 0.05) is 12.0 Å². The van der Waals surface area contributed by atoms with Crippen LogP contribution in [-0.2, 0) is 18.4 Å². The van der Waals surface area contributed by atoms with Crippen LogP contribution in [0.5, 0.6) is 0 Å². The Labute approximate surface area is 142 Å². The molecule has 0 amide bonds. The number of hydrogen-bond donors (Lipinski definition) is 1. The van der Waals surface area contributed by atoms with Crippen molar-refractivity contribution in [2.45, 2.75) is 44.1 Å². The Morgan fingerprint density at radius 1 is 1.04 bits per heavy atom. The standard InChI is InChI=1S/C19H17F5O/c1-2-3-11-4-5-14-12(8-11)6-7-18(23,24)19(14,25)13-9-15(20)17(22)16(21)10-13/h4-5,8-10,25H,2-3,6-7H2,1H3. The first-order valence-corrected chi connectivity index (χ1v) is 8.08. The van der Waals surface area contributed by atoms with Crippen LogP contribution in [0, 0.1) is 17.5 Å². The summed E-state index contributed by atoms with van der Waals surface area (Å²) in [4.78, 5) is 0. The van der Waals surface area contributed by atoms with Crippen LogP contribution in [-0.4, -0.2) is 11.0 Å². The van der Waals surface area contributed by atoms with Gasteiger partial charge in [-0.1, -0.05) is 31.5 Å². The van der Waals surface area contributed by atoms with Crippen molar-refractivity contribution in [3.8, 4) is 0 Å². The average molecular weight is 356 g/mol. The van der Waals surface area contributed by atoms with E-state index in [9.17, 15) is 27.1 Å². The predicted molar refractivity (Wildman–Crippen MR) is 83.0 cm³/mol. The van der Waals surface area contributed by atoms with Gasteiger partial charge in [0.15, 0.2) is 23.1 Å². The summed E-state index contributed by atoms with van der Waals surface area (Å²) in [7, 11) is 0. The van der Waals surface area contributed by atoms with Crippen LogP contribution in [0.1, 0.15) is 42.0 Å². The van der Waals surface area contributed by atoms with Crippen molar-refractivity contribution in [1.29, 1.82) is 0 Å². The van der Waals surface area contributed by atoms with E-state index >= 15 is 0 Å². The Hall–Kier alpha value is -1.95. The molecule has 0 radical (unpaired) electrons. The van der Waals surface area contributed by atoms with Crippen LogP contribution in [0.3, 0.4) is 0 Å². The highest BCUT2D eigenvalue weighted by molar-refractivity contribution is 5.47. The summed E-state index contributed by atoms with van der Waals surface area (Å²) in [6.45, 7) is 1.98. The molecule has 1 aliphatic carbocycles. The van der Waals surface area contributed by atoms with E-state index in [1.54, 1.807) is 12.1 Å². The van der Waals surface area contributed by atoms with Gasteiger partial charge in [0.25, 0.3) is 5.92 Å². The lowest BCUT2D eigenvalue weighted by Crippen LogP contribution is -2.50. The zero-order valence-electron chi connectivity index (χ0n) is 13.6. The molecule has 0 saturated carbocycles. The third-order valence-electron chi connectivity index (χ3n) is 4.74. The van der Waals surface area contributed by atoms with E-state index in [1.165, 1.54) is 6.07 Å². The fraction of sp³-hybridized carbons (Fsp3) is 0.368. The summed E-state index contributed by atoms with van der Waals surface area (Å²) in [5.74, 6) is -8.64. The van der Waals surface area contributed by atoms with Crippen molar-refractivity contribution in [1.82, 2.24) is 0 Å². The topological polar surface area (TPSA) is 20.2 Å². The van der Waals surface area contributed by atoms with Crippen LogP contribution in [0.25, 0.3) is 0 Å². The first-order chi connectivity index (χ1) is 11.7. The molecule has 1 atom stereocenters. The molecule has 0 fully saturated rings. The lowest BCUT2D eigenvalue weighted by atomic mass is 9.72. The van der Waals surface area contributed by atoms with Gasteiger partial charge >= 0.3 is 0 Å². The lowest BCUT2D eigenvalue weighted by Gasteiger charge is -2.41. The van der Waals surface area contributed by atoms with E-state index in [4.69, 9.17) is 0 Å². The molecular weight excluding hydrogens is 339 g/mol. The van der Waals surface area contributed by atoms with E-state index in [-0.39, 0.29) is 12.0 Å². The van der Waals surface area contributed by atoms with Gasteiger partial charge in [0.05, 0.1) is 0 Å². The highest BCUT2D eigenvalue weighted by Crippen LogP contribution is 2.50. The van der Waals surface area contributed by atoms with Crippen molar-refractivity contribution in [3.63, 3.8) is 0 Å². The molecule has 0 aromatic heterocycles. The average Bonchev–Trinajstić information content (AvgIpc) is 2.56. The molecule has 0 heterocycles. The van der Waals surface area contributed by atoms with Gasteiger partial charge in [-0.25, -0.2) is 22.0 Å². The van der Waals surface area contributed by atoms with Crippen LogP contribution in [0.2, 0.25) is 0 Å². The quantitative estimate of drug-likeness (QED) is 0.614. The Morgan fingerprint density at radius 2 is 1.68 bits per heavy atom. The third kappa shape index (κ3) is 2.72. The number of rotatable bonds is 3. The van der Waals surface area contributed by atoms with Gasteiger partial charge in [-0.05, 0) is 41.7 Å². The van der Waals surface area contributed by atoms with E-state index in [0.29, 0.717) is 17.7 Å². The maximum Gasteiger partial charge on any atom is 0.284 e. The van der Waals surface area contributed by atoms with Crippen LogP contribution < -0.4 is 0 Å². The summed E-state index contributed by atoms with van der Waals surface area (Å²) < 4.78 is 69.7. The molecule has 134 valence electrons. The van der Waals surface area contributed by atoms with Gasteiger partial charge in [0.1, 0.15) is 0 Å². The van der Waals surface area contributed by atoms with Gasteiger partial charge in [-0.2, -0.15) is 0 Å². The Morgan fingerprint density at radius 3 is 2.28 bits per heavy atom. The fourth-order valence-corrected chi connectivity index (χ4v) is 3.45. The number of aliphatic hydroxyl groups is 1. The van der Waals surface area contributed by atoms with Gasteiger partial charge < -0.3 is 5.11 Å². The molecule has 2 aromatic carbocycles. The van der Waals surface area contributed by atoms with E-state index in [0.717, 1.165) is 18.4 Å². The molecule has 6 heteroatoms. The molecule has 25 heavy (non-hydrogen) atoms. The maximum absolute atomic E-state index is 14.6. The summed E-state index contributed by atoms with van der Waals surface area (Å²) in [6, 6.07) is 5.58.